The van der Waals surface area contributed by atoms with Gasteiger partial charge in [0.2, 0.25) is 0 Å². The third kappa shape index (κ3) is 3.57. The van der Waals surface area contributed by atoms with Crippen LogP contribution in [0.15, 0.2) is 24.4 Å². The molecule has 0 fully saturated rings. The second kappa shape index (κ2) is 7.33. The van der Waals surface area contributed by atoms with Crippen molar-refractivity contribution in [3.63, 3.8) is 0 Å². The molecule has 0 radical (unpaired) electrons. The number of aromatic nitrogens is 3. The fourth-order valence-electron chi connectivity index (χ4n) is 2.64. The van der Waals surface area contributed by atoms with Gasteiger partial charge in [0.1, 0.15) is 0 Å². The summed E-state index contributed by atoms with van der Waals surface area (Å²) in [5.41, 5.74) is 2.12. The van der Waals surface area contributed by atoms with Crippen molar-refractivity contribution in [3.8, 4) is 10.6 Å². The van der Waals surface area contributed by atoms with Crippen LogP contribution in [0.1, 0.15) is 35.1 Å². The van der Waals surface area contributed by atoms with E-state index in [0.29, 0.717) is 18.7 Å². The number of carbonyl (C=O) groups excluding carboxylic acids is 1. The number of methoxy groups -OCH3 is 1. The predicted octanol–water partition coefficient (Wildman–Crippen LogP) is 3.43. The summed E-state index contributed by atoms with van der Waals surface area (Å²) in [4.78, 5) is 19.7. The number of carbonyl (C=O) groups is 1. The van der Waals surface area contributed by atoms with Crippen molar-refractivity contribution in [1.82, 2.24) is 20.1 Å². The standard InChI is InChI=1S/C18H22N4O2S/c1-11(2)22-17-14(10-20-22)13(18(23)19-7-8-24-4)9-15(21-17)16-6-5-12(3)25-16/h5-6,9-11H,7-8H2,1-4H3,(H,19,23). The molecule has 1 amide bonds. The molecule has 0 bridgehead atoms. The first-order valence-corrected chi connectivity index (χ1v) is 9.05. The predicted molar refractivity (Wildman–Crippen MR) is 100 cm³/mol. The van der Waals surface area contributed by atoms with E-state index in [-0.39, 0.29) is 11.9 Å². The van der Waals surface area contributed by atoms with Gasteiger partial charge in [0.15, 0.2) is 5.65 Å². The van der Waals surface area contributed by atoms with Gasteiger partial charge in [-0.15, -0.1) is 11.3 Å². The monoisotopic (exact) mass is 358 g/mol. The number of rotatable bonds is 6. The summed E-state index contributed by atoms with van der Waals surface area (Å²) in [6.07, 6.45) is 1.72. The zero-order valence-corrected chi connectivity index (χ0v) is 15.7. The second-order valence-electron chi connectivity index (χ2n) is 6.13. The van der Waals surface area contributed by atoms with E-state index in [0.717, 1.165) is 21.6 Å². The van der Waals surface area contributed by atoms with E-state index in [4.69, 9.17) is 9.72 Å². The average molecular weight is 358 g/mol. The third-order valence-electron chi connectivity index (χ3n) is 3.89. The molecular weight excluding hydrogens is 336 g/mol. The highest BCUT2D eigenvalue weighted by Crippen LogP contribution is 2.30. The van der Waals surface area contributed by atoms with E-state index in [1.165, 1.54) is 4.88 Å². The fourth-order valence-corrected chi connectivity index (χ4v) is 3.47. The number of ether oxygens (including phenoxy) is 1. The summed E-state index contributed by atoms with van der Waals surface area (Å²) in [5, 5.41) is 8.08. The maximum atomic E-state index is 12.7. The molecule has 3 aromatic rings. The molecule has 0 unspecified atom stereocenters. The normalized spacial score (nSPS) is 11.4. The van der Waals surface area contributed by atoms with E-state index >= 15 is 0 Å². The number of aryl methyl sites for hydroxylation is 1. The number of hydrogen-bond donors (Lipinski definition) is 1. The summed E-state index contributed by atoms with van der Waals surface area (Å²) in [6.45, 7) is 7.10. The lowest BCUT2D eigenvalue weighted by Crippen LogP contribution is -2.27. The Morgan fingerprint density at radius 2 is 2.20 bits per heavy atom. The third-order valence-corrected chi connectivity index (χ3v) is 4.91. The molecule has 25 heavy (non-hydrogen) atoms. The molecule has 0 spiro atoms. The first-order chi connectivity index (χ1) is 12.0. The Balaban J connectivity index is 2.11. The van der Waals surface area contributed by atoms with Crippen molar-refractivity contribution in [2.45, 2.75) is 26.8 Å². The van der Waals surface area contributed by atoms with Gasteiger partial charge in [0.25, 0.3) is 5.91 Å². The molecule has 0 aliphatic carbocycles. The van der Waals surface area contributed by atoms with Crippen LogP contribution in [0.25, 0.3) is 21.6 Å². The van der Waals surface area contributed by atoms with E-state index < -0.39 is 0 Å². The summed E-state index contributed by atoms with van der Waals surface area (Å²) < 4.78 is 6.86. The largest absolute Gasteiger partial charge is 0.383 e. The molecular formula is C18H22N4O2S. The maximum Gasteiger partial charge on any atom is 0.252 e. The van der Waals surface area contributed by atoms with E-state index in [1.54, 1.807) is 24.6 Å². The highest BCUT2D eigenvalue weighted by molar-refractivity contribution is 7.15. The molecule has 132 valence electrons. The van der Waals surface area contributed by atoms with Crippen LogP contribution in [-0.2, 0) is 4.74 Å². The summed E-state index contributed by atoms with van der Waals surface area (Å²) >= 11 is 1.66. The minimum absolute atomic E-state index is 0.137. The van der Waals surface area contributed by atoms with Gasteiger partial charge in [0.05, 0.1) is 34.3 Å². The first kappa shape index (κ1) is 17.6. The van der Waals surface area contributed by atoms with E-state index in [9.17, 15) is 4.79 Å². The molecule has 1 N–H and O–H groups in total. The van der Waals surface area contributed by atoms with Crippen LogP contribution in [0.4, 0.5) is 0 Å². The Morgan fingerprint density at radius 1 is 1.40 bits per heavy atom. The second-order valence-corrected chi connectivity index (χ2v) is 7.42. The van der Waals surface area contributed by atoms with Crippen LogP contribution in [0.5, 0.6) is 0 Å². The molecule has 3 aromatic heterocycles. The fraction of sp³-hybridized carbons (Fsp3) is 0.389. The highest BCUT2D eigenvalue weighted by atomic mass is 32.1. The van der Waals surface area contributed by atoms with Crippen molar-refractivity contribution in [1.29, 1.82) is 0 Å². The van der Waals surface area contributed by atoms with Gasteiger partial charge in [-0.05, 0) is 39.0 Å². The van der Waals surface area contributed by atoms with Gasteiger partial charge in [0, 0.05) is 24.6 Å². The van der Waals surface area contributed by atoms with Gasteiger partial charge in [-0.25, -0.2) is 9.67 Å². The molecule has 6 nitrogen and oxygen atoms in total. The Kier molecular flexibility index (Phi) is 5.15. The highest BCUT2D eigenvalue weighted by Gasteiger charge is 2.18. The molecule has 0 aliphatic rings. The average Bonchev–Trinajstić information content (AvgIpc) is 3.20. The van der Waals surface area contributed by atoms with Gasteiger partial charge in [-0.1, -0.05) is 0 Å². The van der Waals surface area contributed by atoms with Crippen LogP contribution in [-0.4, -0.2) is 40.9 Å². The van der Waals surface area contributed by atoms with Crippen LogP contribution >= 0.6 is 11.3 Å². The Bertz CT molecular complexity index is 898. The van der Waals surface area contributed by atoms with Crippen molar-refractivity contribution in [3.05, 3.63) is 34.8 Å². The van der Waals surface area contributed by atoms with Crippen LogP contribution in [0.3, 0.4) is 0 Å². The number of hydrogen-bond acceptors (Lipinski definition) is 5. The lowest BCUT2D eigenvalue weighted by atomic mass is 10.1. The lowest BCUT2D eigenvalue weighted by molar-refractivity contribution is 0.0938. The summed E-state index contributed by atoms with van der Waals surface area (Å²) in [6, 6.07) is 6.11. The van der Waals surface area contributed by atoms with Gasteiger partial charge in [-0.2, -0.15) is 5.10 Å². The quantitative estimate of drug-likeness (QED) is 0.686. The Hall–Kier alpha value is -2.25. The number of nitrogens with zero attached hydrogens (tertiary/aromatic N) is 3. The lowest BCUT2D eigenvalue weighted by Gasteiger charge is -2.10. The number of amides is 1. The maximum absolute atomic E-state index is 12.7. The Labute approximate surface area is 150 Å². The zero-order chi connectivity index (χ0) is 18.0. The summed E-state index contributed by atoms with van der Waals surface area (Å²) in [5.74, 6) is -0.137. The van der Waals surface area contributed by atoms with Crippen molar-refractivity contribution in [2.75, 3.05) is 20.3 Å². The van der Waals surface area contributed by atoms with Gasteiger partial charge < -0.3 is 10.1 Å². The van der Waals surface area contributed by atoms with Crippen LogP contribution < -0.4 is 5.32 Å². The first-order valence-electron chi connectivity index (χ1n) is 8.23. The van der Waals surface area contributed by atoms with Gasteiger partial charge in [-0.3, -0.25) is 4.79 Å². The van der Waals surface area contributed by atoms with E-state index in [1.807, 2.05) is 16.8 Å². The number of nitrogens with one attached hydrogen (secondary N) is 1. The molecule has 3 heterocycles. The molecule has 0 aliphatic heterocycles. The molecule has 0 saturated carbocycles. The van der Waals surface area contributed by atoms with Gasteiger partial charge >= 0.3 is 0 Å². The van der Waals surface area contributed by atoms with Crippen molar-refractivity contribution >= 4 is 28.3 Å². The van der Waals surface area contributed by atoms with E-state index in [2.05, 4.69) is 37.3 Å². The molecule has 0 saturated heterocycles. The molecule has 7 heteroatoms. The number of fused-ring (bicyclic) bond motifs is 1. The molecule has 0 atom stereocenters. The molecule has 0 aromatic carbocycles. The summed E-state index contributed by atoms with van der Waals surface area (Å²) in [7, 11) is 1.61. The topological polar surface area (TPSA) is 69.0 Å². The SMILES string of the molecule is COCCNC(=O)c1cc(-c2ccc(C)s2)nc2c1cnn2C(C)C. The van der Waals surface area contributed by atoms with Crippen molar-refractivity contribution < 1.29 is 9.53 Å². The zero-order valence-electron chi connectivity index (χ0n) is 14.9. The Morgan fingerprint density at radius 3 is 2.84 bits per heavy atom. The number of pyridine rings is 1. The van der Waals surface area contributed by atoms with Crippen molar-refractivity contribution in [2.24, 2.45) is 0 Å². The van der Waals surface area contributed by atoms with Crippen LogP contribution in [0.2, 0.25) is 0 Å². The minimum Gasteiger partial charge on any atom is -0.383 e. The molecule has 3 rings (SSSR count). The smallest absolute Gasteiger partial charge is 0.252 e. The van der Waals surface area contributed by atoms with Crippen LogP contribution in [0, 0.1) is 6.92 Å². The minimum atomic E-state index is -0.137. The number of thiophene rings is 1.